The number of carbonyl (C=O) groups is 2. The van der Waals surface area contributed by atoms with E-state index in [9.17, 15) is 14.7 Å². The van der Waals surface area contributed by atoms with Crippen molar-refractivity contribution in [3.8, 4) is 17.6 Å². The Bertz CT molecular complexity index is 1290. The van der Waals surface area contributed by atoms with Crippen LogP contribution in [0, 0.1) is 11.3 Å². The third kappa shape index (κ3) is 3.79. The molecule has 0 spiro atoms. The first-order valence-electron chi connectivity index (χ1n) is 10.1. The number of nitriles is 1. The molecular formula is C26H20N2O5. The van der Waals surface area contributed by atoms with Crippen LogP contribution in [0.15, 0.2) is 78.4 Å². The molecule has 33 heavy (non-hydrogen) atoms. The van der Waals surface area contributed by atoms with E-state index < -0.39 is 17.7 Å². The van der Waals surface area contributed by atoms with E-state index in [2.05, 4.69) is 0 Å². The van der Waals surface area contributed by atoms with Crippen molar-refractivity contribution >= 4 is 23.1 Å². The van der Waals surface area contributed by atoms with Crippen LogP contribution in [0.5, 0.6) is 11.5 Å². The summed E-state index contributed by atoms with van der Waals surface area (Å²) in [6.45, 7) is 0. The van der Waals surface area contributed by atoms with E-state index in [4.69, 9.17) is 14.7 Å². The fraction of sp³-hybridized carbons (Fsp3) is 0.115. The second kappa shape index (κ2) is 8.89. The van der Waals surface area contributed by atoms with Gasteiger partial charge in [-0.3, -0.25) is 14.5 Å². The molecular weight excluding hydrogens is 420 g/mol. The molecule has 0 saturated carbocycles. The Kier molecular flexibility index (Phi) is 5.83. The Hall–Kier alpha value is -4.57. The van der Waals surface area contributed by atoms with Crippen LogP contribution in [0.3, 0.4) is 0 Å². The van der Waals surface area contributed by atoms with Gasteiger partial charge >= 0.3 is 0 Å². The second-order valence-electron chi connectivity index (χ2n) is 7.30. The second-order valence-corrected chi connectivity index (χ2v) is 7.30. The van der Waals surface area contributed by atoms with E-state index in [1.54, 1.807) is 79.9 Å². The van der Waals surface area contributed by atoms with Crippen LogP contribution in [0.1, 0.15) is 22.7 Å². The number of benzene rings is 3. The molecule has 3 aromatic rings. The summed E-state index contributed by atoms with van der Waals surface area (Å²) in [4.78, 5) is 27.7. The molecule has 1 aliphatic rings. The molecule has 3 aromatic carbocycles. The third-order valence-corrected chi connectivity index (χ3v) is 5.51. The number of rotatable bonds is 5. The molecule has 164 valence electrons. The Balaban J connectivity index is 1.94. The molecule has 7 heteroatoms. The van der Waals surface area contributed by atoms with E-state index in [1.165, 1.54) is 12.0 Å². The predicted molar refractivity (Wildman–Crippen MR) is 122 cm³/mol. The number of nitrogens with zero attached hydrogens (tertiary/aromatic N) is 2. The number of anilines is 1. The Morgan fingerprint density at radius 2 is 1.61 bits per heavy atom. The summed E-state index contributed by atoms with van der Waals surface area (Å²) in [7, 11) is 3.00. The molecule has 1 fully saturated rings. The molecule has 0 bridgehead atoms. The highest BCUT2D eigenvalue weighted by molar-refractivity contribution is 6.51. The number of para-hydroxylation sites is 1. The predicted octanol–water partition coefficient (Wildman–Crippen LogP) is 4.20. The van der Waals surface area contributed by atoms with Gasteiger partial charge in [-0.25, -0.2) is 0 Å². The van der Waals surface area contributed by atoms with Crippen molar-refractivity contribution in [3.05, 3.63) is 95.1 Å². The van der Waals surface area contributed by atoms with Crippen molar-refractivity contribution in [2.75, 3.05) is 19.1 Å². The number of Topliss-reactive ketones (excluding diaryl/α,β-unsaturated/α-hetero) is 1. The summed E-state index contributed by atoms with van der Waals surface area (Å²) < 4.78 is 10.6. The SMILES string of the molecule is COc1ccc(C2/C(=C(/O)c3ccccc3OC)C(=O)C(=O)N2c2ccc(C#N)cc2)cc1. The summed E-state index contributed by atoms with van der Waals surface area (Å²) >= 11 is 0. The summed E-state index contributed by atoms with van der Waals surface area (Å²) in [5.74, 6) is -0.949. The smallest absolute Gasteiger partial charge is 0.300 e. The van der Waals surface area contributed by atoms with Gasteiger partial charge in [-0.2, -0.15) is 5.26 Å². The Morgan fingerprint density at radius 3 is 2.21 bits per heavy atom. The normalized spacial score (nSPS) is 17.0. The number of hydrogen-bond donors (Lipinski definition) is 1. The van der Waals surface area contributed by atoms with E-state index in [0.717, 1.165) is 0 Å². The number of carbonyl (C=O) groups excluding carboxylic acids is 2. The van der Waals surface area contributed by atoms with Crippen LogP contribution in [0.25, 0.3) is 5.76 Å². The number of ether oxygens (including phenoxy) is 2. The molecule has 1 amide bonds. The average molecular weight is 440 g/mol. The number of hydrogen-bond acceptors (Lipinski definition) is 6. The van der Waals surface area contributed by atoms with E-state index >= 15 is 0 Å². The van der Waals surface area contributed by atoms with Crippen molar-refractivity contribution in [2.45, 2.75) is 6.04 Å². The maximum Gasteiger partial charge on any atom is 0.300 e. The minimum Gasteiger partial charge on any atom is -0.507 e. The van der Waals surface area contributed by atoms with Crippen LogP contribution < -0.4 is 14.4 Å². The van der Waals surface area contributed by atoms with Gasteiger partial charge < -0.3 is 14.6 Å². The lowest BCUT2D eigenvalue weighted by Crippen LogP contribution is -2.29. The zero-order valence-electron chi connectivity index (χ0n) is 18.0. The molecule has 1 saturated heterocycles. The number of aliphatic hydroxyl groups excluding tert-OH is 1. The van der Waals surface area contributed by atoms with Crippen LogP contribution in [-0.4, -0.2) is 31.0 Å². The van der Waals surface area contributed by atoms with Gasteiger partial charge in [0.15, 0.2) is 0 Å². The molecule has 1 aliphatic heterocycles. The summed E-state index contributed by atoms with van der Waals surface area (Å²) in [5.41, 5.74) is 1.70. The van der Waals surface area contributed by atoms with Crippen LogP contribution in [0.2, 0.25) is 0 Å². The van der Waals surface area contributed by atoms with Gasteiger partial charge in [-0.05, 0) is 54.1 Å². The molecule has 1 unspecified atom stereocenters. The monoisotopic (exact) mass is 440 g/mol. The lowest BCUT2D eigenvalue weighted by atomic mass is 9.94. The zero-order chi connectivity index (χ0) is 23.5. The van der Waals surface area contributed by atoms with Crippen LogP contribution in [0.4, 0.5) is 5.69 Å². The summed E-state index contributed by atoms with van der Waals surface area (Å²) in [6, 6.07) is 21.1. The highest BCUT2D eigenvalue weighted by atomic mass is 16.5. The summed E-state index contributed by atoms with van der Waals surface area (Å²) in [6.07, 6.45) is 0. The van der Waals surface area contributed by atoms with Crippen LogP contribution in [-0.2, 0) is 9.59 Å². The number of ketones is 1. The van der Waals surface area contributed by atoms with E-state index in [1.807, 2.05) is 6.07 Å². The van der Waals surface area contributed by atoms with Crippen molar-refractivity contribution in [1.29, 1.82) is 5.26 Å². The molecule has 1 heterocycles. The highest BCUT2D eigenvalue weighted by Crippen LogP contribution is 2.43. The van der Waals surface area contributed by atoms with Gasteiger partial charge in [0.05, 0.1) is 43.0 Å². The number of methoxy groups -OCH3 is 2. The van der Waals surface area contributed by atoms with E-state index in [0.29, 0.717) is 33.9 Å². The van der Waals surface area contributed by atoms with Crippen molar-refractivity contribution < 1.29 is 24.2 Å². The Labute approximate surface area is 190 Å². The largest absolute Gasteiger partial charge is 0.507 e. The quantitative estimate of drug-likeness (QED) is 0.363. The summed E-state index contributed by atoms with van der Waals surface area (Å²) in [5, 5.41) is 20.3. The van der Waals surface area contributed by atoms with Crippen molar-refractivity contribution in [1.82, 2.24) is 0 Å². The van der Waals surface area contributed by atoms with Gasteiger partial charge in [0.2, 0.25) is 0 Å². The molecule has 0 radical (unpaired) electrons. The molecule has 1 atom stereocenters. The van der Waals surface area contributed by atoms with Gasteiger partial charge in [0.1, 0.15) is 17.3 Å². The third-order valence-electron chi connectivity index (χ3n) is 5.51. The van der Waals surface area contributed by atoms with Crippen LogP contribution >= 0.6 is 0 Å². The first-order valence-corrected chi connectivity index (χ1v) is 10.1. The topological polar surface area (TPSA) is 99.9 Å². The Morgan fingerprint density at radius 1 is 0.939 bits per heavy atom. The van der Waals surface area contributed by atoms with Gasteiger partial charge in [0.25, 0.3) is 11.7 Å². The first kappa shape index (κ1) is 21.7. The number of amides is 1. The molecule has 0 aromatic heterocycles. The zero-order valence-corrected chi connectivity index (χ0v) is 18.0. The van der Waals surface area contributed by atoms with E-state index in [-0.39, 0.29) is 11.3 Å². The fourth-order valence-corrected chi connectivity index (χ4v) is 3.88. The molecule has 1 N–H and O–H groups in total. The minimum absolute atomic E-state index is 0.0565. The molecule has 0 aliphatic carbocycles. The van der Waals surface area contributed by atoms with Crippen molar-refractivity contribution in [2.24, 2.45) is 0 Å². The van der Waals surface area contributed by atoms with Gasteiger partial charge in [-0.1, -0.05) is 24.3 Å². The standard InChI is InChI=1S/C26H20N2O5/c1-32-19-13-9-17(10-14-19)23-22(24(29)20-5-3-4-6-21(20)33-2)25(30)26(31)28(23)18-11-7-16(15-27)8-12-18/h3-14,23,29H,1-2H3/b24-22-. The lowest BCUT2D eigenvalue weighted by Gasteiger charge is -2.25. The van der Waals surface area contributed by atoms with Gasteiger partial charge in [0, 0.05) is 5.69 Å². The minimum atomic E-state index is -0.895. The highest BCUT2D eigenvalue weighted by Gasteiger charge is 2.47. The number of aliphatic hydroxyl groups is 1. The molecule has 7 nitrogen and oxygen atoms in total. The first-order chi connectivity index (χ1) is 16.0. The van der Waals surface area contributed by atoms with Gasteiger partial charge in [-0.15, -0.1) is 0 Å². The average Bonchev–Trinajstić information content (AvgIpc) is 3.13. The molecule has 4 rings (SSSR count). The fourth-order valence-electron chi connectivity index (χ4n) is 3.88. The maximum absolute atomic E-state index is 13.2. The lowest BCUT2D eigenvalue weighted by molar-refractivity contribution is -0.132. The maximum atomic E-state index is 13.2. The van der Waals surface area contributed by atoms with Crippen molar-refractivity contribution in [3.63, 3.8) is 0 Å².